The van der Waals surface area contributed by atoms with E-state index in [2.05, 4.69) is 44.9 Å². The van der Waals surface area contributed by atoms with Crippen molar-refractivity contribution in [1.82, 2.24) is 24.5 Å². The van der Waals surface area contributed by atoms with E-state index in [9.17, 15) is 5.11 Å². The van der Waals surface area contributed by atoms with Crippen molar-refractivity contribution >= 4 is 11.2 Å². The van der Waals surface area contributed by atoms with Crippen molar-refractivity contribution in [3.05, 3.63) is 72.1 Å². The molecular formula is C24H23N5O. The predicted octanol–water partition coefficient (Wildman–Crippen LogP) is 4.21. The van der Waals surface area contributed by atoms with Crippen molar-refractivity contribution in [2.75, 3.05) is 0 Å². The summed E-state index contributed by atoms with van der Waals surface area (Å²) in [6.45, 7) is 3.36. The zero-order valence-electron chi connectivity index (χ0n) is 17.0. The molecule has 30 heavy (non-hydrogen) atoms. The topological polar surface area (TPSA) is 76.7 Å². The molecule has 2 bridgehead atoms. The second-order valence-corrected chi connectivity index (χ2v) is 9.02. The summed E-state index contributed by atoms with van der Waals surface area (Å²) in [5, 5.41) is 10.1. The number of pyridine rings is 1. The fourth-order valence-electron chi connectivity index (χ4n) is 4.90. The molecule has 1 aromatic carbocycles. The van der Waals surface area contributed by atoms with Crippen LogP contribution in [0.2, 0.25) is 0 Å². The van der Waals surface area contributed by atoms with Gasteiger partial charge in [0.1, 0.15) is 16.9 Å². The molecule has 0 saturated heterocycles. The Morgan fingerprint density at radius 3 is 2.40 bits per heavy atom. The Morgan fingerprint density at radius 2 is 1.70 bits per heavy atom. The summed E-state index contributed by atoms with van der Waals surface area (Å²) in [5.74, 6) is 2.75. The molecular weight excluding hydrogens is 374 g/mol. The SMILES string of the molecule is CC(C)(O)c1ncc(-c2ccc3nc4n(c3n2)C(c2ccccc2)C2CC4C2)cn1. The van der Waals surface area contributed by atoms with Crippen molar-refractivity contribution < 1.29 is 5.11 Å². The van der Waals surface area contributed by atoms with Crippen molar-refractivity contribution in [3.63, 3.8) is 0 Å². The zero-order chi connectivity index (χ0) is 20.5. The first-order valence-electron chi connectivity index (χ1n) is 10.5. The summed E-state index contributed by atoms with van der Waals surface area (Å²) < 4.78 is 2.36. The predicted molar refractivity (Wildman–Crippen MR) is 114 cm³/mol. The lowest BCUT2D eigenvalue weighted by molar-refractivity contribution is 0.0687. The highest BCUT2D eigenvalue weighted by molar-refractivity contribution is 5.76. The Bertz CT molecular complexity index is 1230. The zero-order valence-corrected chi connectivity index (χ0v) is 17.0. The third-order valence-corrected chi connectivity index (χ3v) is 6.46. The van der Waals surface area contributed by atoms with E-state index in [0.717, 1.165) is 22.4 Å². The molecule has 6 heteroatoms. The van der Waals surface area contributed by atoms with Crippen LogP contribution in [0.1, 0.15) is 55.9 Å². The van der Waals surface area contributed by atoms with Crippen LogP contribution in [-0.4, -0.2) is 29.6 Å². The molecule has 150 valence electrons. The third kappa shape index (κ3) is 2.60. The average Bonchev–Trinajstić information content (AvgIpc) is 3.11. The van der Waals surface area contributed by atoms with Crippen LogP contribution in [0.4, 0.5) is 0 Å². The van der Waals surface area contributed by atoms with E-state index in [4.69, 9.17) is 9.97 Å². The fourth-order valence-corrected chi connectivity index (χ4v) is 4.90. The van der Waals surface area contributed by atoms with Gasteiger partial charge in [0.25, 0.3) is 0 Å². The molecule has 0 amide bonds. The van der Waals surface area contributed by atoms with Crippen molar-refractivity contribution in [3.8, 4) is 11.3 Å². The Kier molecular flexibility index (Phi) is 3.65. The van der Waals surface area contributed by atoms with Crippen LogP contribution < -0.4 is 0 Å². The molecule has 2 aliphatic heterocycles. The number of benzene rings is 1. The maximum atomic E-state index is 10.1. The van der Waals surface area contributed by atoms with Gasteiger partial charge < -0.3 is 9.67 Å². The quantitative estimate of drug-likeness (QED) is 0.560. The van der Waals surface area contributed by atoms with E-state index in [-0.39, 0.29) is 6.04 Å². The fraction of sp³-hybridized carbons (Fsp3) is 0.333. The Balaban J connectivity index is 1.48. The van der Waals surface area contributed by atoms with Gasteiger partial charge in [0.15, 0.2) is 11.5 Å². The Hall–Kier alpha value is -3.12. The molecule has 7 rings (SSSR count). The third-order valence-electron chi connectivity index (χ3n) is 6.46. The van der Waals surface area contributed by atoms with E-state index in [1.54, 1.807) is 26.2 Å². The maximum absolute atomic E-state index is 10.1. The van der Waals surface area contributed by atoms with Gasteiger partial charge >= 0.3 is 0 Å². The number of aromatic nitrogens is 5. The normalized spacial score (nSPS) is 22.6. The van der Waals surface area contributed by atoms with Crippen LogP contribution in [0.15, 0.2) is 54.9 Å². The van der Waals surface area contributed by atoms with E-state index in [0.29, 0.717) is 17.7 Å². The standard InChI is InChI=1S/C24H23N5O/c1-24(2,30)23-25-12-17(13-26-23)18-8-9-19-22(27-18)29-20(14-6-4-3-5-7-14)15-10-16(11-15)21(29)28-19/h3-9,12-13,15-16,20,30H,10-11H2,1-2H3. The lowest BCUT2D eigenvalue weighted by Gasteiger charge is -2.47. The number of hydrogen-bond acceptors (Lipinski definition) is 5. The average molecular weight is 397 g/mol. The smallest absolute Gasteiger partial charge is 0.161 e. The van der Waals surface area contributed by atoms with E-state index >= 15 is 0 Å². The maximum Gasteiger partial charge on any atom is 0.161 e. The van der Waals surface area contributed by atoms with Crippen LogP contribution in [-0.2, 0) is 5.60 Å². The van der Waals surface area contributed by atoms with Crippen LogP contribution >= 0.6 is 0 Å². The van der Waals surface area contributed by atoms with Gasteiger partial charge in [-0.2, -0.15) is 0 Å². The summed E-state index contributed by atoms with van der Waals surface area (Å²) in [7, 11) is 0. The van der Waals surface area contributed by atoms with Crippen molar-refractivity contribution in [2.24, 2.45) is 5.92 Å². The number of rotatable bonds is 3. The second kappa shape index (κ2) is 6.19. The minimum atomic E-state index is -1.07. The monoisotopic (exact) mass is 397 g/mol. The molecule has 1 saturated carbocycles. The molecule has 1 fully saturated rings. The molecule has 3 aromatic heterocycles. The number of hydrogen-bond donors (Lipinski definition) is 1. The van der Waals surface area contributed by atoms with Crippen LogP contribution in [0, 0.1) is 5.92 Å². The lowest BCUT2D eigenvalue weighted by atomic mass is 9.66. The number of nitrogens with zero attached hydrogens (tertiary/aromatic N) is 5. The second-order valence-electron chi connectivity index (χ2n) is 9.02. The van der Waals surface area contributed by atoms with Crippen LogP contribution in [0.3, 0.4) is 0 Å². The molecule has 5 heterocycles. The van der Waals surface area contributed by atoms with Gasteiger partial charge in [-0.25, -0.2) is 19.9 Å². The first-order chi connectivity index (χ1) is 14.5. The van der Waals surface area contributed by atoms with Crippen LogP contribution in [0.25, 0.3) is 22.4 Å². The number of fused-ring (bicyclic) bond motifs is 1. The summed E-state index contributed by atoms with van der Waals surface area (Å²) in [6.07, 6.45) is 5.88. The molecule has 1 N–H and O–H groups in total. The highest BCUT2D eigenvalue weighted by Crippen LogP contribution is 2.55. The first-order valence-corrected chi connectivity index (χ1v) is 10.5. The molecule has 0 spiro atoms. The van der Waals surface area contributed by atoms with E-state index in [1.807, 2.05) is 12.1 Å². The summed E-state index contributed by atoms with van der Waals surface area (Å²) >= 11 is 0. The molecule has 1 aliphatic carbocycles. The lowest BCUT2D eigenvalue weighted by Crippen LogP contribution is -2.39. The van der Waals surface area contributed by atoms with Gasteiger partial charge in [0.05, 0.1) is 11.7 Å². The molecule has 1 atom stereocenters. The number of imidazole rings is 1. The largest absolute Gasteiger partial charge is 0.382 e. The van der Waals surface area contributed by atoms with E-state index < -0.39 is 5.60 Å². The molecule has 6 nitrogen and oxygen atoms in total. The first kappa shape index (κ1) is 17.7. The van der Waals surface area contributed by atoms with Gasteiger partial charge in [-0.05, 0) is 50.3 Å². The minimum absolute atomic E-state index is 0.285. The highest BCUT2D eigenvalue weighted by Gasteiger charge is 2.46. The van der Waals surface area contributed by atoms with Gasteiger partial charge in [-0.3, -0.25) is 0 Å². The summed E-state index contributed by atoms with van der Waals surface area (Å²) in [4.78, 5) is 18.6. The van der Waals surface area contributed by atoms with Gasteiger partial charge in [0.2, 0.25) is 0 Å². The molecule has 4 aromatic rings. The number of aliphatic hydroxyl groups is 1. The summed E-state index contributed by atoms with van der Waals surface area (Å²) in [5.41, 5.74) is 3.78. The van der Waals surface area contributed by atoms with Gasteiger partial charge in [-0.15, -0.1) is 0 Å². The Labute approximate surface area is 174 Å². The van der Waals surface area contributed by atoms with E-state index in [1.165, 1.54) is 24.2 Å². The van der Waals surface area contributed by atoms with Gasteiger partial charge in [-0.1, -0.05) is 30.3 Å². The molecule has 0 radical (unpaired) electrons. The molecule has 1 unspecified atom stereocenters. The molecule has 3 aliphatic rings. The Morgan fingerprint density at radius 1 is 0.967 bits per heavy atom. The minimum Gasteiger partial charge on any atom is -0.382 e. The van der Waals surface area contributed by atoms with Crippen LogP contribution in [0.5, 0.6) is 0 Å². The summed E-state index contributed by atoms with van der Waals surface area (Å²) in [6, 6.07) is 15.0. The highest BCUT2D eigenvalue weighted by atomic mass is 16.3. The van der Waals surface area contributed by atoms with Gasteiger partial charge in [0, 0.05) is 23.9 Å². The van der Waals surface area contributed by atoms with Crippen molar-refractivity contribution in [2.45, 2.75) is 44.2 Å². The van der Waals surface area contributed by atoms with Crippen molar-refractivity contribution in [1.29, 1.82) is 0 Å².